The minimum atomic E-state index is 0. The summed E-state index contributed by atoms with van der Waals surface area (Å²) in [6, 6.07) is 16.1. The van der Waals surface area contributed by atoms with E-state index in [9.17, 15) is 0 Å². The molecule has 27 heavy (non-hydrogen) atoms. The van der Waals surface area contributed by atoms with Crippen molar-refractivity contribution in [2.75, 3.05) is 14.2 Å². The van der Waals surface area contributed by atoms with Crippen molar-refractivity contribution in [3.05, 3.63) is 96.1 Å². The molecule has 0 saturated heterocycles. The Balaban J connectivity index is 0.000000187. The third-order valence-electron chi connectivity index (χ3n) is 4.15. The van der Waals surface area contributed by atoms with E-state index in [0.29, 0.717) is 0 Å². The Morgan fingerprint density at radius 3 is 1.48 bits per heavy atom. The molecule has 0 radical (unpaired) electrons. The zero-order valence-electron chi connectivity index (χ0n) is 15.7. The largest absolute Gasteiger partial charge is 2.00 e. The first-order chi connectivity index (χ1) is 12.8. The zero-order valence-corrected chi connectivity index (χ0v) is 18.1. The molecule has 2 aliphatic rings. The number of hydrogen-bond donors (Lipinski definition) is 0. The van der Waals surface area contributed by atoms with Gasteiger partial charge in [0.1, 0.15) is 11.5 Å². The van der Waals surface area contributed by atoms with Crippen LogP contribution in [0.25, 0.3) is 11.1 Å². The van der Waals surface area contributed by atoms with E-state index in [1.165, 1.54) is 22.3 Å². The van der Waals surface area contributed by atoms with E-state index in [4.69, 9.17) is 9.47 Å². The molecule has 134 valence electrons. The average molecular weight is 434 g/mol. The number of hydrogen-bond acceptors (Lipinski definition) is 2. The molecule has 3 heteroatoms. The second-order valence-corrected chi connectivity index (χ2v) is 5.86. The number of methoxy groups -OCH3 is 2. The maximum absolute atomic E-state index is 5.15. The first kappa shape index (κ1) is 21.2. The van der Waals surface area contributed by atoms with Crippen molar-refractivity contribution < 1.29 is 35.7 Å². The molecule has 0 saturated carbocycles. The number of allylic oxidation sites excluding steroid dienone is 8. The summed E-state index contributed by atoms with van der Waals surface area (Å²) in [4.78, 5) is 0. The van der Waals surface area contributed by atoms with Crippen LogP contribution in [0.1, 0.15) is 24.0 Å². The van der Waals surface area contributed by atoms with Crippen LogP contribution in [0, 0.1) is 12.2 Å². The SMILES string of the molecule is COc1cccc(C2=[C-]CC=C2)c1.COc1cccc(C2=[C-]CC=C2)c1.[Zr+2]. The van der Waals surface area contributed by atoms with Crippen LogP contribution in [0.15, 0.2) is 72.8 Å². The van der Waals surface area contributed by atoms with Gasteiger partial charge in [0.2, 0.25) is 0 Å². The van der Waals surface area contributed by atoms with Crippen molar-refractivity contribution >= 4 is 11.1 Å². The van der Waals surface area contributed by atoms with Crippen molar-refractivity contribution in [1.82, 2.24) is 0 Å². The van der Waals surface area contributed by atoms with Gasteiger partial charge in [-0.05, 0) is 12.1 Å². The predicted octanol–water partition coefficient (Wildman–Crippen LogP) is 5.68. The molecule has 0 aromatic heterocycles. The summed E-state index contributed by atoms with van der Waals surface area (Å²) < 4.78 is 10.3. The summed E-state index contributed by atoms with van der Waals surface area (Å²) in [6.07, 6.45) is 16.8. The van der Waals surface area contributed by atoms with E-state index in [1.807, 2.05) is 36.4 Å². The molecule has 2 aromatic carbocycles. The van der Waals surface area contributed by atoms with Crippen LogP contribution in [0.4, 0.5) is 0 Å². The number of benzene rings is 2. The second-order valence-electron chi connectivity index (χ2n) is 5.86. The van der Waals surface area contributed by atoms with Gasteiger partial charge in [0.25, 0.3) is 0 Å². The van der Waals surface area contributed by atoms with Gasteiger partial charge in [-0.3, -0.25) is 0 Å². The molecule has 0 fully saturated rings. The molecule has 0 amide bonds. The van der Waals surface area contributed by atoms with Gasteiger partial charge in [0, 0.05) is 0 Å². The first-order valence-electron chi connectivity index (χ1n) is 8.64. The Hall–Kier alpha value is -2.12. The summed E-state index contributed by atoms with van der Waals surface area (Å²) in [5, 5.41) is 0. The van der Waals surface area contributed by atoms with Crippen molar-refractivity contribution in [2.45, 2.75) is 12.8 Å². The Labute approximate surface area is 181 Å². The molecule has 0 spiro atoms. The average Bonchev–Trinajstić information content (AvgIpc) is 3.42. The normalized spacial score (nSPS) is 13.9. The minimum absolute atomic E-state index is 0. The van der Waals surface area contributed by atoms with Gasteiger partial charge in [-0.15, -0.1) is 35.4 Å². The third-order valence-corrected chi connectivity index (χ3v) is 4.15. The molecule has 0 unspecified atom stereocenters. The van der Waals surface area contributed by atoms with Crippen molar-refractivity contribution in [3.63, 3.8) is 0 Å². The van der Waals surface area contributed by atoms with Crippen LogP contribution >= 0.6 is 0 Å². The van der Waals surface area contributed by atoms with Gasteiger partial charge >= 0.3 is 26.2 Å². The van der Waals surface area contributed by atoms with E-state index in [1.54, 1.807) is 14.2 Å². The summed E-state index contributed by atoms with van der Waals surface area (Å²) in [7, 11) is 3.36. The zero-order chi connectivity index (χ0) is 18.2. The van der Waals surface area contributed by atoms with Crippen LogP contribution in [-0.2, 0) is 26.2 Å². The molecule has 0 bridgehead atoms. The maximum Gasteiger partial charge on any atom is 2.00 e. The van der Waals surface area contributed by atoms with E-state index in [0.717, 1.165) is 24.3 Å². The molecule has 0 aliphatic heterocycles. The number of rotatable bonds is 4. The molecule has 0 heterocycles. The molecule has 4 rings (SSSR count). The van der Waals surface area contributed by atoms with E-state index in [-0.39, 0.29) is 26.2 Å². The van der Waals surface area contributed by atoms with Crippen LogP contribution in [0.5, 0.6) is 11.5 Å². The quantitative estimate of drug-likeness (QED) is 0.578. The Morgan fingerprint density at radius 2 is 1.15 bits per heavy atom. The Bertz CT molecular complexity index is 802. The smallest absolute Gasteiger partial charge is 0.498 e. The maximum atomic E-state index is 5.15. The van der Waals surface area contributed by atoms with Gasteiger partial charge in [-0.2, -0.15) is 35.5 Å². The van der Waals surface area contributed by atoms with Crippen LogP contribution < -0.4 is 9.47 Å². The van der Waals surface area contributed by atoms with Gasteiger partial charge in [0.15, 0.2) is 0 Å². The van der Waals surface area contributed by atoms with Gasteiger partial charge in [0.05, 0.1) is 14.2 Å². The molecule has 2 aliphatic carbocycles. The van der Waals surface area contributed by atoms with Crippen molar-refractivity contribution in [2.24, 2.45) is 0 Å². The van der Waals surface area contributed by atoms with Crippen molar-refractivity contribution in [1.29, 1.82) is 0 Å². The molecule has 2 nitrogen and oxygen atoms in total. The van der Waals surface area contributed by atoms with Gasteiger partial charge < -0.3 is 9.47 Å². The molecule has 0 N–H and O–H groups in total. The fraction of sp³-hybridized carbons (Fsp3) is 0.167. The van der Waals surface area contributed by atoms with Crippen LogP contribution in [-0.4, -0.2) is 14.2 Å². The second kappa shape index (κ2) is 10.9. The van der Waals surface area contributed by atoms with E-state index < -0.39 is 0 Å². The first-order valence-corrected chi connectivity index (χ1v) is 8.64. The van der Waals surface area contributed by atoms with E-state index >= 15 is 0 Å². The molecule has 0 atom stereocenters. The topological polar surface area (TPSA) is 18.5 Å². The van der Waals surface area contributed by atoms with Crippen LogP contribution in [0.2, 0.25) is 0 Å². The molecular formula is C24H22O2Zr. The Morgan fingerprint density at radius 1 is 0.704 bits per heavy atom. The number of ether oxygens (including phenoxy) is 2. The summed E-state index contributed by atoms with van der Waals surface area (Å²) in [6.45, 7) is 0. The summed E-state index contributed by atoms with van der Waals surface area (Å²) in [5.41, 5.74) is 4.68. The van der Waals surface area contributed by atoms with Gasteiger partial charge in [-0.25, -0.2) is 0 Å². The monoisotopic (exact) mass is 432 g/mol. The molecule has 2 aromatic rings. The Kier molecular flexibility index (Phi) is 8.55. The fourth-order valence-corrected chi connectivity index (χ4v) is 2.79. The standard InChI is InChI=1S/2C12H11O.Zr/c2*1-13-12-8-4-7-11(9-12)10-5-2-3-6-10;/h2*2,4-5,7-9H,3H2,1H3;/q2*-1;+2. The fourth-order valence-electron chi connectivity index (χ4n) is 2.79. The summed E-state index contributed by atoms with van der Waals surface area (Å²) in [5.74, 6) is 1.79. The van der Waals surface area contributed by atoms with Crippen molar-refractivity contribution in [3.8, 4) is 11.5 Å². The van der Waals surface area contributed by atoms with Crippen LogP contribution in [0.3, 0.4) is 0 Å². The molecular weight excluding hydrogens is 411 g/mol. The minimum Gasteiger partial charge on any atom is -0.498 e. The van der Waals surface area contributed by atoms with Gasteiger partial charge in [-0.1, -0.05) is 37.1 Å². The predicted molar refractivity (Wildman–Crippen MR) is 107 cm³/mol. The third kappa shape index (κ3) is 5.94. The summed E-state index contributed by atoms with van der Waals surface area (Å²) >= 11 is 0. The van der Waals surface area contributed by atoms with E-state index in [2.05, 4.69) is 48.6 Å².